The number of carbonyl (C=O) groups excluding carboxylic acids is 2. The lowest BCUT2D eigenvalue weighted by atomic mass is 10.1. The third-order valence-corrected chi connectivity index (χ3v) is 8.09. The second-order valence-corrected chi connectivity index (χ2v) is 11.7. The maximum absolute atomic E-state index is 13.6. The number of nitro groups is 1. The Kier molecular flexibility index (Phi) is 9.38. The average Bonchev–Trinajstić information content (AvgIpc) is 3.35. The van der Waals surface area contributed by atoms with Crippen LogP contribution in [0.4, 0.5) is 11.4 Å². The summed E-state index contributed by atoms with van der Waals surface area (Å²) in [5.41, 5.74) is 0.225. The summed E-state index contributed by atoms with van der Waals surface area (Å²) in [5, 5.41) is 14.8. The molecule has 200 valence electrons. The van der Waals surface area contributed by atoms with Gasteiger partial charge in [0.2, 0.25) is 21.8 Å². The summed E-state index contributed by atoms with van der Waals surface area (Å²) < 4.78 is 26.0. The topological polar surface area (TPSA) is 130 Å². The van der Waals surface area contributed by atoms with Crippen LogP contribution in [-0.2, 0) is 26.2 Å². The van der Waals surface area contributed by atoms with Crippen molar-refractivity contribution in [3.05, 3.63) is 68.2 Å². The number of rotatable bonds is 10. The lowest BCUT2D eigenvalue weighted by Crippen LogP contribution is -2.52. The molecular weight excluding hydrogens is 543 g/mol. The third kappa shape index (κ3) is 7.56. The summed E-state index contributed by atoms with van der Waals surface area (Å²) in [4.78, 5) is 38.5. The fourth-order valence-corrected chi connectivity index (χ4v) is 5.35. The van der Waals surface area contributed by atoms with Gasteiger partial charge in [-0.25, -0.2) is 8.42 Å². The minimum Gasteiger partial charge on any atom is -0.352 e. The second kappa shape index (κ2) is 12.1. The molecule has 2 amide bonds. The van der Waals surface area contributed by atoms with Crippen molar-refractivity contribution in [1.29, 1.82) is 0 Å². The van der Waals surface area contributed by atoms with Crippen molar-refractivity contribution in [3.63, 3.8) is 0 Å². The van der Waals surface area contributed by atoms with Gasteiger partial charge >= 0.3 is 0 Å². The third-order valence-electron chi connectivity index (χ3n) is 6.21. The van der Waals surface area contributed by atoms with Crippen molar-refractivity contribution < 1.29 is 22.9 Å². The summed E-state index contributed by atoms with van der Waals surface area (Å²) in [6.07, 6.45) is 4.63. The van der Waals surface area contributed by atoms with E-state index < -0.39 is 33.4 Å². The fraction of sp³-hybridized carbons (Fsp3) is 0.417. The molecule has 2 aromatic rings. The highest BCUT2D eigenvalue weighted by Crippen LogP contribution is 2.26. The second-order valence-electron chi connectivity index (χ2n) is 8.98. The number of carbonyl (C=O) groups is 2. The molecule has 13 heteroatoms. The largest absolute Gasteiger partial charge is 0.352 e. The van der Waals surface area contributed by atoms with Crippen molar-refractivity contribution in [2.45, 2.75) is 51.2 Å². The SMILES string of the molecule is C[C@H](C(=O)NC1CCCC1)N(Cc1ccc(Cl)c(Cl)c1)C(=O)CN(c1cccc([N+](=O)[O-])c1)S(C)(=O)=O. The highest BCUT2D eigenvalue weighted by atomic mass is 35.5. The molecule has 0 unspecified atom stereocenters. The zero-order valence-electron chi connectivity index (χ0n) is 20.4. The van der Waals surface area contributed by atoms with E-state index in [2.05, 4.69) is 5.32 Å². The Labute approximate surface area is 225 Å². The van der Waals surface area contributed by atoms with Gasteiger partial charge in [-0.05, 0) is 43.5 Å². The molecule has 37 heavy (non-hydrogen) atoms. The molecule has 0 radical (unpaired) electrons. The zero-order valence-corrected chi connectivity index (χ0v) is 22.7. The molecule has 0 aliphatic heterocycles. The van der Waals surface area contributed by atoms with Gasteiger partial charge in [0.1, 0.15) is 12.6 Å². The van der Waals surface area contributed by atoms with Crippen molar-refractivity contribution in [1.82, 2.24) is 10.2 Å². The average molecular weight is 571 g/mol. The molecule has 0 saturated heterocycles. The van der Waals surface area contributed by atoms with Gasteiger partial charge in [0.05, 0.1) is 26.9 Å². The number of non-ortho nitro benzene ring substituents is 1. The van der Waals surface area contributed by atoms with E-state index in [9.17, 15) is 28.1 Å². The fourth-order valence-electron chi connectivity index (χ4n) is 4.18. The number of sulfonamides is 1. The van der Waals surface area contributed by atoms with E-state index in [1.165, 1.54) is 23.1 Å². The first-order valence-electron chi connectivity index (χ1n) is 11.6. The predicted octanol–water partition coefficient (Wildman–Crippen LogP) is 4.14. The number of nitrogens with zero attached hydrogens (tertiary/aromatic N) is 3. The van der Waals surface area contributed by atoms with Gasteiger partial charge in [0.15, 0.2) is 0 Å². The number of halogens is 2. The Bertz CT molecular complexity index is 1280. The van der Waals surface area contributed by atoms with Crippen LogP contribution in [0.2, 0.25) is 10.0 Å². The standard InChI is InChI=1S/C24H28Cl2N4O6S/c1-16(24(32)27-18-6-3-4-7-18)28(14-17-10-11-21(25)22(26)12-17)23(31)15-29(37(2,35)36)19-8-5-9-20(13-19)30(33)34/h5,8-13,16,18H,3-4,6-7,14-15H2,1-2H3,(H,27,32)/t16-/m1/s1. The van der Waals surface area contributed by atoms with Gasteiger partial charge in [-0.1, -0.05) is 48.2 Å². The van der Waals surface area contributed by atoms with E-state index in [-0.39, 0.29) is 34.9 Å². The van der Waals surface area contributed by atoms with Gasteiger partial charge in [0.25, 0.3) is 5.69 Å². The van der Waals surface area contributed by atoms with Crippen LogP contribution in [0.25, 0.3) is 0 Å². The summed E-state index contributed by atoms with van der Waals surface area (Å²) >= 11 is 12.2. The van der Waals surface area contributed by atoms with Crippen molar-refractivity contribution >= 4 is 56.4 Å². The monoisotopic (exact) mass is 570 g/mol. The number of amides is 2. The van der Waals surface area contributed by atoms with Crippen LogP contribution in [-0.4, -0.2) is 54.9 Å². The number of nitrogens with one attached hydrogen (secondary N) is 1. The first kappa shape index (κ1) is 28.7. The van der Waals surface area contributed by atoms with Gasteiger partial charge in [-0.15, -0.1) is 0 Å². The van der Waals surface area contributed by atoms with Gasteiger partial charge in [0, 0.05) is 24.7 Å². The van der Waals surface area contributed by atoms with Gasteiger partial charge in [-0.2, -0.15) is 0 Å². The van der Waals surface area contributed by atoms with Crippen LogP contribution < -0.4 is 9.62 Å². The smallest absolute Gasteiger partial charge is 0.271 e. The van der Waals surface area contributed by atoms with Crippen molar-refractivity contribution in [3.8, 4) is 0 Å². The molecule has 3 rings (SSSR count). The van der Waals surface area contributed by atoms with E-state index in [0.29, 0.717) is 10.6 Å². The lowest BCUT2D eigenvalue weighted by molar-refractivity contribution is -0.384. The number of benzene rings is 2. The van der Waals surface area contributed by atoms with E-state index in [0.717, 1.165) is 42.3 Å². The molecule has 1 saturated carbocycles. The van der Waals surface area contributed by atoms with Crippen LogP contribution in [0.3, 0.4) is 0 Å². The Morgan fingerprint density at radius 1 is 1.14 bits per heavy atom. The van der Waals surface area contributed by atoms with E-state index in [1.807, 2.05) is 0 Å². The molecule has 1 aliphatic carbocycles. The molecule has 1 N–H and O–H groups in total. The molecule has 1 aliphatic rings. The molecule has 0 heterocycles. The zero-order chi connectivity index (χ0) is 27.3. The van der Waals surface area contributed by atoms with Crippen LogP contribution in [0, 0.1) is 10.1 Å². The highest BCUT2D eigenvalue weighted by Gasteiger charge is 2.31. The van der Waals surface area contributed by atoms with Crippen molar-refractivity contribution in [2.75, 3.05) is 17.1 Å². The Morgan fingerprint density at radius 2 is 1.81 bits per heavy atom. The number of nitro benzene ring substituents is 1. The first-order valence-corrected chi connectivity index (χ1v) is 14.2. The first-order chi connectivity index (χ1) is 17.4. The Hall–Kier alpha value is -2.89. The Morgan fingerprint density at radius 3 is 2.41 bits per heavy atom. The summed E-state index contributed by atoms with van der Waals surface area (Å²) in [6.45, 7) is 0.863. The van der Waals surface area contributed by atoms with Crippen molar-refractivity contribution in [2.24, 2.45) is 0 Å². The molecule has 10 nitrogen and oxygen atoms in total. The molecule has 0 spiro atoms. The highest BCUT2D eigenvalue weighted by molar-refractivity contribution is 7.92. The molecular formula is C24H28Cl2N4O6S. The van der Waals surface area contributed by atoms with E-state index in [4.69, 9.17) is 23.2 Å². The molecule has 1 fully saturated rings. The van der Waals surface area contributed by atoms with E-state index in [1.54, 1.807) is 25.1 Å². The predicted molar refractivity (Wildman–Crippen MR) is 142 cm³/mol. The quantitative estimate of drug-likeness (QED) is 0.337. The summed E-state index contributed by atoms with van der Waals surface area (Å²) in [6, 6.07) is 8.87. The molecule has 0 aromatic heterocycles. The summed E-state index contributed by atoms with van der Waals surface area (Å²) in [5.74, 6) is -1.03. The maximum atomic E-state index is 13.6. The summed E-state index contributed by atoms with van der Waals surface area (Å²) in [7, 11) is -4.01. The maximum Gasteiger partial charge on any atom is 0.271 e. The van der Waals surface area contributed by atoms with Gasteiger partial charge in [-0.3, -0.25) is 24.0 Å². The number of anilines is 1. The van der Waals surface area contributed by atoms with Gasteiger partial charge < -0.3 is 10.2 Å². The molecule has 0 bridgehead atoms. The number of hydrogen-bond acceptors (Lipinski definition) is 6. The minimum absolute atomic E-state index is 0.0225. The number of hydrogen-bond donors (Lipinski definition) is 1. The molecule has 1 atom stereocenters. The van der Waals surface area contributed by atoms with Crippen LogP contribution >= 0.6 is 23.2 Å². The van der Waals surface area contributed by atoms with E-state index >= 15 is 0 Å². The van der Waals surface area contributed by atoms with Crippen LogP contribution in [0.5, 0.6) is 0 Å². The minimum atomic E-state index is -4.01. The molecule has 2 aromatic carbocycles. The normalized spacial score (nSPS) is 14.7. The lowest BCUT2D eigenvalue weighted by Gasteiger charge is -2.32. The van der Waals surface area contributed by atoms with Crippen LogP contribution in [0.15, 0.2) is 42.5 Å². The Balaban J connectivity index is 1.92. The van der Waals surface area contributed by atoms with Crippen LogP contribution in [0.1, 0.15) is 38.2 Å².